The first-order valence-corrected chi connectivity index (χ1v) is 12.0. The summed E-state index contributed by atoms with van der Waals surface area (Å²) < 4.78 is 42.7. The average molecular weight is 495 g/mol. The van der Waals surface area contributed by atoms with E-state index in [9.17, 15) is 18.0 Å². The van der Waals surface area contributed by atoms with Crippen LogP contribution in [0.25, 0.3) is 0 Å². The number of rotatable bonds is 4. The van der Waals surface area contributed by atoms with Gasteiger partial charge in [0.2, 0.25) is 0 Å². The van der Waals surface area contributed by atoms with Gasteiger partial charge in [0.15, 0.2) is 0 Å². The minimum Gasteiger partial charge on any atom is -0.367 e. The third-order valence-corrected chi connectivity index (χ3v) is 7.35. The van der Waals surface area contributed by atoms with Gasteiger partial charge in [-0.05, 0) is 38.0 Å². The maximum atomic E-state index is 14.2. The smallest absolute Gasteiger partial charge is 0.367 e. The maximum Gasteiger partial charge on any atom is 0.400 e. The average Bonchev–Trinajstić information content (AvgIpc) is 3.28. The predicted octanol–water partition coefficient (Wildman–Crippen LogP) is 5.61. The molecule has 2 heterocycles. The van der Waals surface area contributed by atoms with E-state index in [1.165, 1.54) is 17.0 Å². The van der Waals surface area contributed by atoms with Crippen LogP contribution in [0, 0.1) is 0 Å². The van der Waals surface area contributed by atoms with E-state index >= 15 is 0 Å². The Morgan fingerprint density at radius 1 is 1.00 bits per heavy atom. The van der Waals surface area contributed by atoms with Crippen LogP contribution in [-0.2, 0) is 5.41 Å². The Labute approximate surface area is 203 Å². The van der Waals surface area contributed by atoms with Crippen molar-refractivity contribution < 1.29 is 18.0 Å². The largest absolute Gasteiger partial charge is 0.400 e. The van der Waals surface area contributed by atoms with Crippen molar-refractivity contribution in [2.45, 2.75) is 37.9 Å². The van der Waals surface area contributed by atoms with Crippen molar-refractivity contribution in [2.24, 2.45) is 0 Å². The Kier molecular flexibility index (Phi) is 7.01. The third kappa shape index (κ3) is 4.70. The number of nitrogens with one attached hydrogen (secondary N) is 1. The van der Waals surface area contributed by atoms with E-state index in [0.29, 0.717) is 16.8 Å². The molecule has 1 atom stereocenters. The molecule has 2 aliphatic rings. The molecule has 0 spiro atoms. The summed E-state index contributed by atoms with van der Waals surface area (Å²) in [5, 5.41) is 3.19. The molecule has 2 fully saturated rings. The van der Waals surface area contributed by atoms with Gasteiger partial charge in [-0.15, -0.1) is 0 Å². The number of carbonyl (C=O) groups excluding carboxylic acids is 1. The van der Waals surface area contributed by atoms with Gasteiger partial charge in [0.25, 0.3) is 0 Å². The van der Waals surface area contributed by atoms with E-state index in [1.807, 2.05) is 12.1 Å². The minimum atomic E-state index is -4.48. The molecular weight excluding hydrogens is 465 g/mol. The fraction of sp³-hybridized carbons (Fsp3) is 0.480. The Morgan fingerprint density at radius 3 is 2.29 bits per heavy atom. The number of piperazine rings is 1. The van der Waals surface area contributed by atoms with Crippen LogP contribution in [0.5, 0.6) is 0 Å². The molecule has 2 aromatic carbocycles. The molecule has 0 bridgehead atoms. The van der Waals surface area contributed by atoms with E-state index < -0.39 is 24.2 Å². The van der Waals surface area contributed by atoms with Crippen molar-refractivity contribution in [3.05, 3.63) is 59.1 Å². The Bertz CT molecular complexity index is 1010. The number of anilines is 2. The lowest BCUT2D eigenvalue weighted by molar-refractivity contribution is -0.186. The lowest BCUT2D eigenvalue weighted by atomic mass is 9.79. The normalized spacial score (nSPS) is 21.9. The number of hydrogen-bond donors (Lipinski definition) is 1. The highest BCUT2D eigenvalue weighted by Crippen LogP contribution is 2.47. The Morgan fingerprint density at radius 2 is 1.68 bits per heavy atom. The van der Waals surface area contributed by atoms with Gasteiger partial charge in [-0.25, -0.2) is 4.79 Å². The van der Waals surface area contributed by atoms with Gasteiger partial charge in [-0.1, -0.05) is 48.0 Å². The Balaban J connectivity index is 1.53. The second kappa shape index (κ2) is 9.66. The molecule has 0 radical (unpaired) electrons. The zero-order valence-corrected chi connectivity index (χ0v) is 20.2. The lowest BCUT2D eigenvalue weighted by Crippen LogP contribution is -2.49. The summed E-state index contributed by atoms with van der Waals surface area (Å²) in [7, 11) is 0. The number of likely N-dealkylation sites (tertiary alicyclic amines) is 1. The SMILES string of the molecule is CC(C)N1CCN(c2cccc(Cl)c2NC(=O)N2CC[C@@](c3ccccc3)(C(F)(F)F)C2)CC1. The van der Waals surface area contributed by atoms with Crippen molar-refractivity contribution >= 4 is 29.0 Å². The summed E-state index contributed by atoms with van der Waals surface area (Å²) in [5.74, 6) is 0. The molecule has 0 unspecified atom stereocenters. The van der Waals surface area contributed by atoms with Crippen LogP contribution in [0.2, 0.25) is 5.02 Å². The number of halogens is 4. The van der Waals surface area contributed by atoms with Crippen molar-refractivity contribution in [3.8, 4) is 0 Å². The van der Waals surface area contributed by atoms with Crippen LogP contribution in [-0.4, -0.2) is 67.3 Å². The van der Waals surface area contributed by atoms with Gasteiger partial charge in [0.1, 0.15) is 5.41 Å². The molecule has 2 amide bonds. The molecule has 0 aliphatic carbocycles. The lowest BCUT2D eigenvalue weighted by Gasteiger charge is -2.39. The zero-order valence-electron chi connectivity index (χ0n) is 19.4. The molecular formula is C25H30ClF3N4O. The standard InChI is InChI=1S/C25H30ClF3N4O/c1-18(2)31-13-15-32(16-14-31)21-10-6-9-20(26)22(21)30-23(34)33-12-11-24(17-33,25(27,28)29)19-7-4-3-5-8-19/h3-10,18H,11-17H2,1-2H3,(H,30,34)/t24-/m1/s1. The van der Waals surface area contributed by atoms with Gasteiger partial charge in [-0.2, -0.15) is 13.2 Å². The molecule has 5 nitrogen and oxygen atoms in total. The number of hydrogen-bond acceptors (Lipinski definition) is 3. The molecule has 184 valence electrons. The maximum absolute atomic E-state index is 14.2. The van der Waals surface area contributed by atoms with E-state index in [2.05, 4.69) is 29.0 Å². The van der Waals surface area contributed by atoms with Crippen LogP contribution < -0.4 is 10.2 Å². The first kappa shape index (κ1) is 24.7. The summed E-state index contributed by atoms with van der Waals surface area (Å²) in [6.45, 7) is 7.21. The predicted molar refractivity (Wildman–Crippen MR) is 130 cm³/mol. The van der Waals surface area contributed by atoms with Gasteiger partial charge in [0.05, 0.1) is 16.4 Å². The van der Waals surface area contributed by atoms with Gasteiger partial charge < -0.3 is 15.1 Å². The van der Waals surface area contributed by atoms with E-state index in [1.54, 1.807) is 24.3 Å². The van der Waals surface area contributed by atoms with Crippen LogP contribution in [0.1, 0.15) is 25.8 Å². The number of urea groups is 1. The summed E-state index contributed by atoms with van der Waals surface area (Å²) in [6.07, 6.45) is -4.66. The molecule has 9 heteroatoms. The molecule has 0 saturated carbocycles. The number of nitrogens with zero attached hydrogens (tertiary/aromatic N) is 3. The van der Waals surface area contributed by atoms with Crippen molar-refractivity contribution in [3.63, 3.8) is 0 Å². The Hall–Kier alpha value is -2.45. The molecule has 2 aliphatic heterocycles. The number of alkyl halides is 3. The molecule has 2 saturated heterocycles. The van der Waals surface area contributed by atoms with E-state index in [4.69, 9.17) is 11.6 Å². The van der Waals surface area contributed by atoms with Crippen LogP contribution in [0.4, 0.5) is 29.3 Å². The fourth-order valence-corrected chi connectivity index (χ4v) is 5.15. The van der Waals surface area contributed by atoms with Gasteiger partial charge in [-0.3, -0.25) is 4.90 Å². The van der Waals surface area contributed by atoms with Gasteiger partial charge >= 0.3 is 12.2 Å². The molecule has 1 N–H and O–H groups in total. The second-order valence-electron chi connectivity index (χ2n) is 9.30. The number of carbonyl (C=O) groups is 1. The van der Waals surface area contributed by atoms with E-state index in [-0.39, 0.29) is 18.5 Å². The molecule has 34 heavy (non-hydrogen) atoms. The molecule has 2 aromatic rings. The van der Waals surface area contributed by atoms with Gasteiger partial charge in [0, 0.05) is 45.3 Å². The minimum absolute atomic E-state index is 0.00703. The van der Waals surface area contributed by atoms with Crippen molar-refractivity contribution in [1.29, 1.82) is 0 Å². The van der Waals surface area contributed by atoms with Crippen molar-refractivity contribution in [1.82, 2.24) is 9.80 Å². The first-order valence-electron chi connectivity index (χ1n) is 11.6. The quantitative estimate of drug-likeness (QED) is 0.600. The highest BCUT2D eigenvalue weighted by atomic mass is 35.5. The van der Waals surface area contributed by atoms with Crippen LogP contribution in [0.3, 0.4) is 0 Å². The highest BCUT2D eigenvalue weighted by molar-refractivity contribution is 6.34. The summed E-state index contributed by atoms with van der Waals surface area (Å²) in [4.78, 5) is 18.9. The van der Waals surface area contributed by atoms with Crippen LogP contribution >= 0.6 is 11.6 Å². The fourth-order valence-electron chi connectivity index (χ4n) is 4.94. The number of para-hydroxylation sites is 1. The second-order valence-corrected chi connectivity index (χ2v) is 9.71. The zero-order chi connectivity index (χ0) is 24.5. The molecule has 0 aromatic heterocycles. The summed E-state index contributed by atoms with van der Waals surface area (Å²) >= 11 is 6.45. The highest BCUT2D eigenvalue weighted by Gasteiger charge is 2.59. The van der Waals surface area contributed by atoms with E-state index in [0.717, 1.165) is 31.9 Å². The van der Waals surface area contributed by atoms with Crippen molar-refractivity contribution in [2.75, 3.05) is 49.5 Å². The topological polar surface area (TPSA) is 38.8 Å². The monoisotopic (exact) mass is 494 g/mol. The summed E-state index contributed by atoms with van der Waals surface area (Å²) in [6, 6.07) is 13.1. The third-order valence-electron chi connectivity index (χ3n) is 7.03. The first-order chi connectivity index (χ1) is 16.1. The molecule has 4 rings (SSSR count). The number of benzene rings is 2. The summed E-state index contributed by atoms with van der Waals surface area (Å²) in [5.41, 5.74) is -0.675. The van der Waals surface area contributed by atoms with Crippen LogP contribution in [0.15, 0.2) is 48.5 Å². The number of amides is 2.